The van der Waals surface area contributed by atoms with Crippen molar-refractivity contribution in [1.29, 1.82) is 0 Å². The molecule has 4 heteroatoms. The van der Waals surface area contributed by atoms with Gasteiger partial charge in [0, 0.05) is 76.7 Å². The van der Waals surface area contributed by atoms with Gasteiger partial charge in [-0.25, -0.2) is 0 Å². The van der Waals surface area contributed by atoms with Crippen molar-refractivity contribution in [3.63, 3.8) is 0 Å². The van der Waals surface area contributed by atoms with Crippen LogP contribution in [-0.2, 0) is 0 Å². The van der Waals surface area contributed by atoms with Crippen LogP contribution in [0.15, 0.2) is 328 Å². The average Bonchev–Trinajstić information content (AvgIpc) is 1.51. The molecule has 0 amide bonds. The first-order valence-corrected chi connectivity index (χ1v) is 37.5. The molecule has 0 fully saturated rings. The largest absolute Gasteiger partial charge is 0.135 e. The molecular weight excluding hydrogens is 1280 g/mol. The van der Waals surface area contributed by atoms with Gasteiger partial charge < -0.3 is 0 Å². The second-order valence-corrected chi connectivity index (χ2v) is 30.9. The van der Waals surface area contributed by atoms with E-state index >= 15 is 0 Å². The number of thiophene rings is 4. The predicted molar refractivity (Wildman–Crippen MR) is 441 cm³/mol. The molecule has 0 saturated carbocycles. The van der Waals surface area contributed by atoms with E-state index in [1.54, 1.807) is 0 Å². The maximum atomic E-state index is 2.50. The van der Waals surface area contributed by atoms with Crippen LogP contribution >= 0.6 is 45.3 Å². The highest BCUT2D eigenvalue weighted by Gasteiger charge is 2.24. The van der Waals surface area contributed by atoms with Gasteiger partial charge in [-0.1, -0.05) is 279 Å². The molecule has 4 heterocycles. The van der Waals surface area contributed by atoms with Gasteiger partial charge in [0.1, 0.15) is 0 Å². The van der Waals surface area contributed by atoms with E-state index in [9.17, 15) is 0 Å². The predicted octanol–water partition coefficient (Wildman–Crippen LogP) is 29.7. The molecule has 4 aromatic heterocycles. The summed E-state index contributed by atoms with van der Waals surface area (Å²) in [7, 11) is 0. The van der Waals surface area contributed by atoms with E-state index < -0.39 is 0 Å². The van der Waals surface area contributed by atoms with Crippen LogP contribution < -0.4 is 0 Å². The van der Waals surface area contributed by atoms with Gasteiger partial charge in [0.05, 0.1) is 9.40 Å². The maximum absolute atomic E-state index is 2.50. The molecule has 0 saturated heterocycles. The van der Waals surface area contributed by atoms with Crippen molar-refractivity contribution in [3.8, 4) is 77.9 Å². The second kappa shape index (κ2) is 22.0. The molecule has 0 aliphatic heterocycles. The van der Waals surface area contributed by atoms with Gasteiger partial charge in [0.15, 0.2) is 0 Å². The molecule has 0 aliphatic rings. The smallest absolute Gasteiger partial charge is 0.0540 e. The van der Waals surface area contributed by atoms with Crippen LogP contribution in [0.4, 0.5) is 0 Å². The van der Waals surface area contributed by atoms with Gasteiger partial charge >= 0.3 is 0 Å². The summed E-state index contributed by atoms with van der Waals surface area (Å²) in [5.74, 6) is 0. The number of benzene rings is 18. The third-order valence-electron chi connectivity index (χ3n) is 21.4. The van der Waals surface area contributed by atoms with E-state index in [0.29, 0.717) is 0 Å². The topological polar surface area (TPSA) is 0 Å². The summed E-state index contributed by atoms with van der Waals surface area (Å²) in [6.45, 7) is 0. The highest BCUT2D eigenvalue weighted by atomic mass is 32.1. The molecule has 0 spiro atoms. The third kappa shape index (κ3) is 8.37. The normalized spacial score (nSPS) is 12.2. The summed E-state index contributed by atoms with van der Waals surface area (Å²) < 4.78 is 10.7. The van der Waals surface area contributed by atoms with Crippen molar-refractivity contribution in [2.75, 3.05) is 0 Å². The quantitative estimate of drug-likeness (QED) is 0.140. The fraction of sp³-hybridized carbons (Fsp3) is 0. The Morgan fingerprint density at radius 1 is 0.140 bits per heavy atom. The zero-order valence-corrected chi connectivity index (χ0v) is 57.1. The van der Waals surface area contributed by atoms with Gasteiger partial charge in [0.2, 0.25) is 0 Å². The molecule has 0 nitrogen and oxygen atoms in total. The lowest BCUT2D eigenvalue weighted by Gasteiger charge is -2.18. The second-order valence-electron chi connectivity index (χ2n) is 26.7. The van der Waals surface area contributed by atoms with Crippen molar-refractivity contribution < 1.29 is 0 Å². The Morgan fingerprint density at radius 3 is 1.11 bits per heavy atom. The van der Waals surface area contributed by atoms with Crippen molar-refractivity contribution in [2.45, 2.75) is 0 Å². The van der Waals surface area contributed by atoms with Gasteiger partial charge in [-0.2, -0.15) is 0 Å². The fourth-order valence-electron chi connectivity index (χ4n) is 17.0. The molecule has 0 radical (unpaired) electrons. The monoisotopic (exact) mass is 1330 g/mol. The molecule has 462 valence electrons. The van der Waals surface area contributed by atoms with Gasteiger partial charge in [-0.15, -0.1) is 45.3 Å². The first-order valence-electron chi connectivity index (χ1n) is 34.3. The van der Waals surface area contributed by atoms with Gasteiger partial charge in [-0.05, 0) is 186 Å². The number of fused-ring (bicyclic) bond motifs is 22. The van der Waals surface area contributed by atoms with E-state index in [-0.39, 0.29) is 0 Å². The molecule has 22 rings (SSSR count). The maximum Gasteiger partial charge on any atom is 0.0540 e. The summed E-state index contributed by atoms with van der Waals surface area (Å²) in [5, 5.41) is 25.9. The summed E-state index contributed by atoms with van der Waals surface area (Å²) >= 11 is 7.72. The van der Waals surface area contributed by atoms with Crippen molar-refractivity contribution >= 4 is 191 Å². The fourth-order valence-corrected chi connectivity index (χ4v) is 22.1. The summed E-state index contributed by atoms with van der Waals surface area (Å²) in [5.41, 5.74) is 17.3. The van der Waals surface area contributed by atoms with E-state index in [1.165, 1.54) is 223 Å². The molecule has 0 unspecified atom stereocenters. The Morgan fingerprint density at radius 2 is 0.530 bits per heavy atom. The van der Waals surface area contributed by atoms with Crippen LogP contribution in [0.3, 0.4) is 0 Å². The lowest BCUT2D eigenvalue weighted by molar-refractivity contribution is 1.63. The van der Waals surface area contributed by atoms with E-state index in [1.807, 2.05) is 45.3 Å². The lowest BCUT2D eigenvalue weighted by Crippen LogP contribution is -1.91. The van der Waals surface area contributed by atoms with Crippen LogP contribution in [0.1, 0.15) is 0 Å². The molecule has 100 heavy (non-hydrogen) atoms. The standard InChI is InChI=1S/C96H54S4/c1-2-20-57(21-3-1)87-65-25-4-6-27-67(65)88(68-28-7-5-26-66(68)87)59-46-42-56(43-47-59)77-52-80-75-37-19-36-63(93(75)100-94(80)81-54-86-79(53-78(77)81)64-24-14-16-38-83(64)97-86)55-40-44-58(45-41-55)89-69-29-8-10-31-71(69)90(72-32-11-9-30-70(72)89)62-23-18-22-60(50-62)61-48-49-85-82(51-61)92-74-34-13-12-33-73(74)91-76-35-15-17-39-84(76)98-95(91)96(92)99-85/h1-54H. The average molecular weight is 1340 g/mol. The Bertz CT molecular complexity index is 7130. The zero-order chi connectivity index (χ0) is 65.3. The summed E-state index contributed by atoms with van der Waals surface area (Å²) in [6, 6.07) is 124. The highest BCUT2D eigenvalue weighted by molar-refractivity contribution is 7.34. The lowest BCUT2D eigenvalue weighted by atomic mass is 9.85. The molecular formula is C96H54S4. The first-order chi connectivity index (χ1) is 49.6. The molecule has 0 aliphatic carbocycles. The van der Waals surface area contributed by atoms with E-state index in [2.05, 4.69) is 328 Å². The van der Waals surface area contributed by atoms with Crippen LogP contribution in [-0.4, -0.2) is 0 Å². The summed E-state index contributed by atoms with van der Waals surface area (Å²) in [6.07, 6.45) is 0. The number of hydrogen-bond acceptors (Lipinski definition) is 4. The van der Waals surface area contributed by atoms with Crippen molar-refractivity contribution in [3.05, 3.63) is 328 Å². The third-order valence-corrected chi connectivity index (χ3v) is 26.4. The van der Waals surface area contributed by atoms with E-state index in [0.717, 1.165) is 0 Å². The first kappa shape index (κ1) is 56.4. The molecule has 0 N–H and O–H groups in total. The van der Waals surface area contributed by atoms with Crippen LogP contribution in [0, 0.1) is 0 Å². The Balaban J connectivity index is 0.656. The van der Waals surface area contributed by atoms with Gasteiger partial charge in [-0.3, -0.25) is 0 Å². The Hall–Kier alpha value is -11.6. The molecule has 0 atom stereocenters. The zero-order valence-electron chi connectivity index (χ0n) is 53.8. The minimum Gasteiger partial charge on any atom is -0.135 e. The Labute approximate surface area is 591 Å². The molecule has 0 bridgehead atoms. The number of hydrogen-bond donors (Lipinski definition) is 0. The van der Waals surface area contributed by atoms with E-state index in [4.69, 9.17) is 0 Å². The minimum atomic E-state index is 1.20. The molecule has 18 aromatic carbocycles. The Kier molecular flexibility index (Phi) is 12.4. The van der Waals surface area contributed by atoms with Gasteiger partial charge in [0.25, 0.3) is 0 Å². The molecule has 22 aromatic rings. The van der Waals surface area contributed by atoms with Crippen LogP contribution in [0.5, 0.6) is 0 Å². The highest BCUT2D eigenvalue weighted by Crippen LogP contribution is 2.53. The number of rotatable bonds is 7. The van der Waals surface area contributed by atoms with Crippen molar-refractivity contribution in [2.24, 2.45) is 0 Å². The minimum absolute atomic E-state index is 1.20. The van der Waals surface area contributed by atoms with Crippen molar-refractivity contribution in [1.82, 2.24) is 0 Å². The summed E-state index contributed by atoms with van der Waals surface area (Å²) in [4.78, 5) is 0. The van der Waals surface area contributed by atoms with Crippen LogP contribution in [0.2, 0.25) is 0 Å². The van der Waals surface area contributed by atoms with Crippen LogP contribution in [0.25, 0.3) is 223 Å². The SMILES string of the molecule is c1ccc(-c2c3ccccc3c(-c3ccc(-c4cc5c6cccc(-c7ccc(-c8c9ccccc9c(-c9cccc(-c%10ccc%11sc%12c%13sc%14ccccc%14c%13c%13ccccc%13c%12c%11c%10)c9)c9ccccc89)cc7)c6sc5c5cc6sc7ccccc7c6cc45)cc3)c3ccccc23)cc1.